The number of aromatic nitrogens is 1. The molecule has 0 aliphatic heterocycles. The van der Waals surface area contributed by atoms with Gasteiger partial charge in [0.15, 0.2) is 0 Å². The van der Waals surface area contributed by atoms with Gasteiger partial charge < -0.3 is 15.0 Å². The predicted molar refractivity (Wildman–Crippen MR) is 86.4 cm³/mol. The summed E-state index contributed by atoms with van der Waals surface area (Å²) in [6, 6.07) is 18.6. The maximum absolute atomic E-state index is 5.76. The third-order valence-corrected chi connectivity index (χ3v) is 3.65. The number of aryl methyl sites for hydroxylation is 1. The van der Waals surface area contributed by atoms with Crippen LogP contribution in [0.5, 0.6) is 5.75 Å². The lowest BCUT2D eigenvalue weighted by Crippen LogP contribution is -2.04. The standard InChI is InChI=1S/C18H20N2O/c19-14-15-6-8-17(9-7-15)21-13-3-11-20-12-10-16-4-1-2-5-18(16)20/h1-2,4-10,12H,3,11,13-14,19H2. The van der Waals surface area contributed by atoms with E-state index in [4.69, 9.17) is 10.5 Å². The third-order valence-electron chi connectivity index (χ3n) is 3.65. The van der Waals surface area contributed by atoms with Crippen LogP contribution in [-0.2, 0) is 13.1 Å². The number of hydrogen-bond acceptors (Lipinski definition) is 2. The zero-order valence-corrected chi connectivity index (χ0v) is 12.0. The average molecular weight is 280 g/mol. The molecule has 108 valence electrons. The lowest BCUT2D eigenvalue weighted by atomic mass is 10.2. The molecule has 0 unspecified atom stereocenters. The highest BCUT2D eigenvalue weighted by atomic mass is 16.5. The van der Waals surface area contributed by atoms with Crippen LogP contribution in [0.25, 0.3) is 10.9 Å². The maximum atomic E-state index is 5.76. The van der Waals surface area contributed by atoms with E-state index in [0.29, 0.717) is 13.2 Å². The molecule has 0 bridgehead atoms. The Balaban J connectivity index is 1.51. The Morgan fingerprint density at radius 3 is 2.57 bits per heavy atom. The first-order valence-corrected chi connectivity index (χ1v) is 7.32. The van der Waals surface area contributed by atoms with E-state index in [-0.39, 0.29) is 0 Å². The van der Waals surface area contributed by atoms with Crippen LogP contribution in [0.4, 0.5) is 0 Å². The quantitative estimate of drug-likeness (QED) is 0.701. The fraction of sp³-hybridized carbons (Fsp3) is 0.222. The molecule has 0 radical (unpaired) electrons. The first kappa shape index (κ1) is 13.7. The van der Waals surface area contributed by atoms with Gasteiger partial charge in [0, 0.05) is 24.8 Å². The predicted octanol–water partition coefficient (Wildman–Crippen LogP) is 3.57. The van der Waals surface area contributed by atoms with Crippen LogP contribution in [0.2, 0.25) is 0 Å². The van der Waals surface area contributed by atoms with Gasteiger partial charge in [0.2, 0.25) is 0 Å². The summed E-state index contributed by atoms with van der Waals surface area (Å²) in [4.78, 5) is 0. The molecule has 1 heterocycles. The summed E-state index contributed by atoms with van der Waals surface area (Å²) in [5.74, 6) is 0.907. The first-order chi connectivity index (χ1) is 10.4. The lowest BCUT2D eigenvalue weighted by Gasteiger charge is -2.08. The number of fused-ring (bicyclic) bond motifs is 1. The molecule has 2 N–H and O–H groups in total. The van der Waals surface area contributed by atoms with Crippen molar-refractivity contribution in [3.63, 3.8) is 0 Å². The minimum Gasteiger partial charge on any atom is -0.494 e. The molecule has 2 aromatic carbocycles. The highest BCUT2D eigenvalue weighted by Crippen LogP contribution is 2.16. The molecule has 21 heavy (non-hydrogen) atoms. The molecule has 3 aromatic rings. The summed E-state index contributed by atoms with van der Waals surface area (Å²) < 4.78 is 8.04. The molecule has 0 spiro atoms. The van der Waals surface area contributed by atoms with Crippen LogP contribution >= 0.6 is 0 Å². The van der Waals surface area contributed by atoms with Gasteiger partial charge in [-0.1, -0.05) is 30.3 Å². The zero-order valence-electron chi connectivity index (χ0n) is 12.0. The van der Waals surface area contributed by atoms with Crippen molar-refractivity contribution in [1.29, 1.82) is 0 Å². The summed E-state index contributed by atoms with van der Waals surface area (Å²) in [6.07, 6.45) is 3.12. The highest BCUT2D eigenvalue weighted by Gasteiger charge is 2.00. The molecular weight excluding hydrogens is 260 g/mol. The lowest BCUT2D eigenvalue weighted by molar-refractivity contribution is 0.302. The van der Waals surface area contributed by atoms with Crippen molar-refractivity contribution in [2.24, 2.45) is 5.73 Å². The molecule has 1 aromatic heterocycles. The Morgan fingerprint density at radius 1 is 0.952 bits per heavy atom. The average Bonchev–Trinajstić information content (AvgIpc) is 2.95. The molecule has 0 saturated carbocycles. The molecule has 0 atom stereocenters. The summed E-state index contributed by atoms with van der Waals surface area (Å²) in [7, 11) is 0. The van der Waals surface area contributed by atoms with Crippen LogP contribution < -0.4 is 10.5 Å². The fourth-order valence-electron chi connectivity index (χ4n) is 2.48. The molecule has 0 amide bonds. The van der Waals surface area contributed by atoms with Gasteiger partial charge in [-0.2, -0.15) is 0 Å². The Bertz CT molecular complexity index is 701. The van der Waals surface area contributed by atoms with Crippen molar-refractivity contribution in [2.75, 3.05) is 6.61 Å². The van der Waals surface area contributed by atoms with Gasteiger partial charge in [-0.15, -0.1) is 0 Å². The van der Waals surface area contributed by atoms with E-state index in [1.807, 2.05) is 24.3 Å². The Kier molecular flexibility index (Phi) is 4.22. The monoisotopic (exact) mass is 280 g/mol. The van der Waals surface area contributed by atoms with E-state index < -0.39 is 0 Å². The van der Waals surface area contributed by atoms with E-state index in [9.17, 15) is 0 Å². The van der Waals surface area contributed by atoms with Crippen LogP contribution in [0.1, 0.15) is 12.0 Å². The van der Waals surface area contributed by atoms with E-state index >= 15 is 0 Å². The maximum Gasteiger partial charge on any atom is 0.119 e. The number of ether oxygens (including phenoxy) is 1. The SMILES string of the molecule is NCc1ccc(OCCCn2ccc3ccccc32)cc1. The van der Waals surface area contributed by atoms with Gasteiger partial charge in [-0.05, 0) is 41.6 Å². The van der Waals surface area contributed by atoms with Gasteiger partial charge in [0.25, 0.3) is 0 Å². The molecule has 0 fully saturated rings. The molecule has 3 heteroatoms. The Hall–Kier alpha value is -2.26. The van der Waals surface area contributed by atoms with Gasteiger partial charge >= 0.3 is 0 Å². The van der Waals surface area contributed by atoms with Gasteiger partial charge in [0.05, 0.1) is 6.61 Å². The normalized spacial score (nSPS) is 10.9. The molecule has 0 aliphatic carbocycles. The molecular formula is C18H20N2O. The van der Waals surface area contributed by atoms with Crippen molar-refractivity contribution < 1.29 is 4.74 Å². The van der Waals surface area contributed by atoms with E-state index in [1.165, 1.54) is 10.9 Å². The second-order valence-electron chi connectivity index (χ2n) is 5.12. The second-order valence-corrected chi connectivity index (χ2v) is 5.12. The summed E-state index contributed by atoms with van der Waals surface area (Å²) in [5.41, 5.74) is 7.99. The smallest absolute Gasteiger partial charge is 0.119 e. The van der Waals surface area contributed by atoms with Crippen molar-refractivity contribution in [3.05, 3.63) is 66.4 Å². The minimum atomic E-state index is 0.570. The van der Waals surface area contributed by atoms with Crippen LogP contribution in [0, 0.1) is 0 Å². The van der Waals surface area contributed by atoms with E-state index in [0.717, 1.165) is 24.3 Å². The highest BCUT2D eigenvalue weighted by molar-refractivity contribution is 5.79. The second kappa shape index (κ2) is 6.46. The van der Waals surface area contributed by atoms with Crippen molar-refractivity contribution in [3.8, 4) is 5.75 Å². The van der Waals surface area contributed by atoms with Crippen LogP contribution in [0.15, 0.2) is 60.8 Å². The number of benzene rings is 2. The van der Waals surface area contributed by atoms with Crippen molar-refractivity contribution in [1.82, 2.24) is 4.57 Å². The molecule has 3 rings (SSSR count). The summed E-state index contributed by atoms with van der Waals surface area (Å²) in [6.45, 7) is 2.25. The largest absolute Gasteiger partial charge is 0.494 e. The van der Waals surface area contributed by atoms with E-state index in [1.54, 1.807) is 0 Å². The first-order valence-electron chi connectivity index (χ1n) is 7.32. The van der Waals surface area contributed by atoms with Crippen LogP contribution in [0.3, 0.4) is 0 Å². The van der Waals surface area contributed by atoms with Crippen molar-refractivity contribution >= 4 is 10.9 Å². The third kappa shape index (κ3) is 3.26. The van der Waals surface area contributed by atoms with Gasteiger partial charge in [-0.25, -0.2) is 0 Å². The van der Waals surface area contributed by atoms with Gasteiger partial charge in [0.1, 0.15) is 5.75 Å². The van der Waals surface area contributed by atoms with Crippen molar-refractivity contribution in [2.45, 2.75) is 19.5 Å². The summed E-state index contributed by atoms with van der Waals surface area (Å²) in [5, 5.41) is 1.29. The molecule has 3 nitrogen and oxygen atoms in total. The number of para-hydroxylation sites is 1. The zero-order chi connectivity index (χ0) is 14.5. The molecule has 0 saturated heterocycles. The minimum absolute atomic E-state index is 0.570. The van der Waals surface area contributed by atoms with E-state index in [2.05, 4.69) is 41.1 Å². The number of nitrogens with two attached hydrogens (primary N) is 1. The Labute approximate surface area is 125 Å². The number of nitrogens with zero attached hydrogens (tertiary/aromatic N) is 1. The fourth-order valence-corrected chi connectivity index (χ4v) is 2.48. The van der Waals surface area contributed by atoms with Gasteiger partial charge in [-0.3, -0.25) is 0 Å². The molecule has 0 aliphatic rings. The number of hydrogen-bond donors (Lipinski definition) is 1. The van der Waals surface area contributed by atoms with Crippen LogP contribution in [-0.4, -0.2) is 11.2 Å². The Morgan fingerprint density at radius 2 is 1.76 bits per heavy atom. The number of rotatable bonds is 6. The topological polar surface area (TPSA) is 40.2 Å². The summed E-state index contributed by atoms with van der Waals surface area (Å²) >= 11 is 0.